The molecular formula is C14H16ClNOS. The SMILES string of the molecule is CC(C)Oc1ccc(NCc2ccc(Cl)s2)cc1. The predicted molar refractivity (Wildman–Crippen MR) is 78.9 cm³/mol. The average Bonchev–Trinajstić information content (AvgIpc) is 2.74. The molecule has 2 aromatic rings. The fraction of sp³-hybridized carbons (Fsp3) is 0.286. The van der Waals surface area contributed by atoms with Gasteiger partial charge < -0.3 is 10.1 Å². The first-order chi connectivity index (χ1) is 8.63. The third-order valence-electron chi connectivity index (χ3n) is 2.32. The first kappa shape index (κ1) is 13.2. The Hall–Kier alpha value is -1.19. The minimum Gasteiger partial charge on any atom is -0.491 e. The molecule has 1 aromatic carbocycles. The summed E-state index contributed by atoms with van der Waals surface area (Å²) in [4.78, 5) is 1.22. The maximum atomic E-state index is 5.89. The Morgan fingerprint density at radius 2 is 1.89 bits per heavy atom. The van der Waals surface area contributed by atoms with E-state index in [0.29, 0.717) is 0 Å². The monoisotopic (exact) mass is 281 g/mol. The molecule has 1 aromatic heterocycles. The van der Waals surface area contributed by atoms with E-state index in [9.17, 15) is 0 Å². The summed E-state index contributed by atoms with van der Waals surface area (Å²) in [7, 11) is 0. The van der Waals surface area contributed by atoms with Gasteiger partial charge in [0.1, 0.15) is 5.75 Å². The summed E-state index contributed by atoms with van der Waals surface area (Å²) in [5.74, 6) is 0.898. The number of anilines is 1. The molecule has 2 nitrogen and oxygen atoms in total. The number of hydrogen-bond acceptors (Lipinski definition) is 3. The van der Waals surface area contributed by atoms with Gasteiger partial charge in [-0.2, -0.15) is 0 Å². The van der Waals surface area contributed by atoms with Gasteiger partial charge in [-0.25, -0.2) is 0 Å². The summed E-state index contributed by atoms with van der Waals surface area (Å²) in [6.45, 7) is 4.83. The molecular weight excluding hydrogens is 266 g/mol. The Balaban J connectivity index is 1.90. The van der Waals surface area contributed by atoms with Crippen molar-refractivity contribution in [2.45, 2.75) is 26.5 Å². The quantitative estimate of drug-likeness (QED) is 0.850. The maximum Gasteiger partial charge on any atom is 0.119 e. The van der Waals surface area contributed by atoms with Crippen molar-refractivity contribution in [3.05, 3.63) is 45.6 Å². The molecule has 0 aliphatic carbocycles. The highest BCUT2D eigenvalue weighted by Gasteiger charge is 2.00. The largest absolute Gasteiger partial charge is 0.491 e. The first-order valence-corrected chi connectivity index (χ1v) is 7.08. The van der Waals surface area contributed by atoms with Gasteiger partial charge in [-0.05, 0) is 50.2 Å². The molecule has 0 unspecified atom stereocenters. The summed E-state index contributed by atoms with van der Waals surface area (Å²) < 4.78 is 6.42. The van der Waals surface area contributed by atoms with Crippen molar-refractivity contribution in [2.75, 3.05) is 5.32 Å². The Kier molecular flexibility index (Phi) is 4.50. The van der Waals surface area contributed by atoms with E-state index in [0.717, 1.165) is 22.3 Å². The Morgan fingerprint density at radius 1 is 1.17 bits per heavy atom. The number of thiophene rings is 1. The lowest BCUT2D eigenvalue weighted by Gasteiger charge is -2.10. The zero-order valence-electron chi connectivity index (χ0n) is 10.4. The van der Waals surface area contributed by atoms with E-state index in [1.165, 1.54) is 4.88 Å². The van der Waals surface area contributed by atoms with Crippen molar-refractivity contribution in [1.82, 2.24) is 0 Å². The van der Waals surface area contributed by atoms with Crippen LogP contribution in [0.25, 0.3) is 0 Å². The van der Waals surface area contributed by atoms with Crippen LogP contribution in [-0.2, 0) is 6.54 Å². The zero-order chi connectivity index (χ0) is 13.0. The summed E-state index contributed by atoms with van der Waals surface area (Å²) in [6.07, 6.45) is 0.206. The number of rotatable bonds is 5. The molecule has 0 amide bonds. The van der Waals surface area contributed by atoms with E-state index in [1.807, 2.05) is 50.2 Å². The van der Waals surface area contributed by atoms with Gasteiger partial charge in [0, 0.05) is 17.1 Å². The summed E-state index contributed by atoms with van der Waals surface area (Å²) in [5, 5.41) is 3.35. The van der Waals surface area contributed by atoms with Crippen molar-refractivity contribution in [3.63, 3.8) is 0 Å². The number of halogens is 1. The lowest BCUT2D eigenvalue weighted by Crippen LogP contribution is -2.05. The van der Waals surface area contributed by atoms with Crippen molar-refractivity contribution < 1.29 is 4.74 Å². The topological polar surface area (TPSA) is 21.3 Å². The molecule has 0 saturated carbocycles. The van der Waals surface area contributed by atoms with Crippen LogP contribution >= 0.6 is 22.9 Å². The van der Waals surface area contributed by atoms with E-state index >= 15 is 0 Å². The second-order valence-electron chi connectivity index (χ2n) is 4.25. The van der Waals surface area contributed by atoms with E-state index < -0.39 is 0 Å². The fourth-order valence-corrected chi connectivity index (χ4v) is 2.59. The molecule has 0 aliphatic heterocycles. The number of hydrogen-bond donors (Lipinski definition) is 1. The van der Waals surface area contributed by atoms with Crippen LogP contribution in [0.4, 0.5) is 5.69 Å². The van der Waals surface area contributed by atoms with Gasteiger partial charge in [-0.1, -0.05) is 11.6 Å². The van der Waals surface area contributed by atoms with Crippen molar-refractivity contribution in [1.29, 1.82) is 0 Å². The number of nitrogens with one attached hydrogen (secondary N) is 1. The second-order valence-corrected chi connectivity index (χ2v) is 6.05. The molecule has 18 heavy (non-hydrogen) atoms. The Labute approximate surface area is 117 Å². The Morgan fingerprint density at radius 3 is 2.44 bits per heavy atom. The minimum atomic E-state index is 0.206. The molecule has 4 heteroatoms. The summed E-state index contributed by atoms with van der Waals surface area (Å²) in [6, 6.07) is 12.0. The van der Waals surface area contributed by atoms with Crippen molar-refractivity contribution in [3.8, 4) is 5.75 Å². The molecule has 0 saturated heterocycles. The van der Waals surface area contributed by atoms with Gasteiger partial charge in [-0.15, -0.1) is 11.3 Å². The molecule has 0 bridgehead atoms. The normalized spacial score (nSPS) is 10.7. The standard InChI is InChI=1S/C14H16ClNOS/c1-10(2)17-12-5-3-11(4-6-12)16-9-13-7-8-14(15)18-13/h3-8,10,16H,9H2,1-2H3. The molecule has 96 valence electrons. The highest BCUT2D eigenvalue weighted by Crippen LogP contribution is 2.23. The molecule has 1 N–H and O–H groups in total. The molecule has 0 atom stereocenters. The average molecular weight is 282 g/mol. The van der Waals surface area contributed by atoms with E-state index in [1.54, 1.807) is 11.3 Å². The summed E-state index contributed by atoms with van der Waals surface area (Å²) >= 11 is 7.48. The lowest BCUT2D eigenvalue weighted by atomic mass is 10.3. The van der Waals surface area contributed by atoms with Crippen LogP contribution in [0.3, 0.4) is 0 Å². The molecule has 0 fully saturated rings. The summed E-state index contributed by atoms with van der Waals surface area (Å²) in [5.41, 5.74) is 1.08. The highest BCUT2D eigenvalue weighted by molar-refractivity contribution is 7.16. The molecule has 1 heterocycles. The van der Waals surface area contributed by atoms with E-state index in [2.05, 4.69) is 5.32 Å². The van der Waals surface area contributed by atoms with Crippen molar-refractivity contribution in [2.24, 2.45) is 0 Å². The second kappa shape index (κ2) is 6.12. The van der Waals surface area contributed by atoms with Crippen LogP contribution in [-0.4, -0.2) is 6.10 Å². The van der Waals surface area contributed by atoms with Gasteiger partial charge >= 0.3 is 0 Å². The maximum absolute atomic E-state index is 5.89. The third-order valence-corrected chi connectivity index (χ3v) is 3.55. The molecule has 0 spiro atoms. The minimum absolute atomic E-state index is 0.206. The van der Waals surface area contributed by atoms with Gasteiger partial charge in [0.05, 0.1) is 10.4 Å². The fourth-order valence-electron chi connectivity index (χ4n) is 1.56. The lowest BCUT2D eigenvalue weighted by molar-refractivity contribution is 0.242. The van der Waals surface area contributed by atoms with Crippen LogP contribution in [0.5, 0.6) is 5.75 Å². The van der Waals surface area contributed by atoms with Crippen LogP contribution in [0.2, 0.25) is 4.34 Å². The number of benzene rings is 1. The van der Waals surface area contributed by atoms with E-state index in [-0.39, 0.29) is 6.10 Å². The van der Waals surface area contributed by atoms with Gasteiger partial charge in [0.15, 0.2) is 0 Å². The number of ether oxygens (including phenoxy) is 1. The molecule has 0 aliphatic rings. The van der Waals surface area contributed by atoms with Crippen LogP contribution in [0, 0.1) is 0 Å². The van der Waals surface area contributed by atoms with Crippen LogP contribution < -0.4 is 10.1 Å². The molecule has 0 radical (unpaired) electrons. The van der Waals surface area contributed by atoms with Crippen molar-refractivity contribution >= 4 is 28.6 Å². The van der Waals surface area contributed by atoms with Gasteiger partial charge in [0.2, 0.25) is 0 Å². The zero-order valence-corrected chi connectivity index (χ0v) is 12.0. The Bertz CT molecular complexity index is 493. The van der Waals surface area contributed by atoms with E-state index in [4.69, 9.17) is 16.3 Å². The molecule has 2 rings (SSSR count). The first-order valence-electron chi connectivity index (χ1n) is 5.88. The van der Waals surface area contributed by atoms with Crippen LogP contribution in [0.15, 0.2) is 36.4 Å². The highest BCUT2D eigenvalue weighted by atomic mass is 35.5. The van der Waals surface area contributed by atoms with Gasteiger partial charge in [-0.3, -0.25) is 0 Å². The van der Waals surface area contributed by atoms with Gasteiger partial charge in [0.25, 0.3) is 0 Å². The smallest absolute Gasteiger partial charge is 0.119 e. The predicted octanol–water partition coefficient (Wildman–Crippen LogP) is 4.80. The third kappa shape index (κ3) is 3.93. The van der Waals surface area contributed by atoms with Crippen LogP contribution in [0.1, 0.15) is 18.7 Å².